The summed E-state index contributed by atoms with van der Waals surface area (Å²) in [6.07, 6.45) is 1.50. The summed E-state index contributed by atoms with van der Waals surface area (Å²) in [5, 5.41) is 17.5. The summed E-state index contributed by atoms with van der Waals surface area (Å²) in [7, 11) is 0. The van der Waals surface area contributed by atoms with E-state index in [-0.39, 0.29) is 5.57 Å². The standard InChI is InChI=1S/C14H14N2O2/c1-3-17-13-6-5-12(7-11(9-15)10-16)14(8-13)18-4-2/h5-8H,3-4H2,1-2H3. The van der Waals surface area contributed by atoms with E-state index in [4.69, 9.17) is 20.0 Å². The highest BCUT2D eigenvalue weighted by atomic mass is 16.5. The van der Waals surface area contributed by atoms with E-state index in [2.05, 4.69) is 0 Å². The van der Waals surface area contributed by atoms with E-state index in [1.807, 2.05) is 26.0 Å². The van der Waals surface area contributed by atoms with Gasteiger partial charge < -0.3 is 9.47 Å². The van der Waals surface area contributed by atoms with Crippen molar-refractivity contribution in [3.05, 3.63) is 29.3 Å². The summed E-state index contributed by atoms with van der Waals surface area (Å²) >= 11 is 0. The molecule has 0 saturated carbocycles. The van der Waals surface area contributed by atoms with Crippen molar-refractivity contribution in [1.82, 2.24) is 0 Å². The van der Waals surface area contributed by atoms with Gasteiger partial charge in [0.15, 0.2) is 0 Å². The highest BCUT2D eigenvalue weighted by Gasteiger charge is 2.05. The van der Waals surface area contributed by atoms with Crippen LogP contribution < -0.4 is 9.47 Å². The van der Waals surface area contributed by atoms with Gasteiger partial charge in [0.1, 0.15) is 29.2 Å². The number of hydrogen-bond acceptors (Lipinski definition) is 4. The van der Waals surface area contributed by atoms with Crippen LogP contribution in [0.15, 0.2) is 23.8 Å². The maximum absolute atomic E-state index is 8.74. The molecule has 92 valence electrons. The van der Waals surface area contributed by atoms with E-state index in [0.717, 1.165) is 0 Å². The fraction of sp³-hybridized carbons (Fsp3) is 0.286. The molecule has 1 aromatic rings. The second kappa shape index (κ2) is 6.98. The first-order valence-electron chi connectivity index (χ1n) is 5.66. The van der Waals surface area contributed by atoms with Gasteiger partial charge >= 0.3 is 0 Å². The first-order valence-corrected chi connectivity index (χ1v) is 5.66. The van der Waals surface area contributed by atoms with Crippen molar-refractivity contribution in [3.63, 3.8) is 0 Å². The predicted octanol–water partition coefficient (Wildman–Crippen LogP) is 2.91. The summed E-state index contributed by atoms with van der Waals surface area (Å²) in [5.41, 5.74) is 0.735. The smallest absolute Gasteiger partial charge is 0.130 e. The van der Waals surface area contributed by atoms with Gasteiger partial charge in [0.2, 0.25) is 0 Å². The molecule has 0 radical (unpaired) electrons. The quantitative estimate of drug-likeness (QED) is 0.744. The van der Waals surface area contributed by atoms with Crippen molar-refractivity contribution in [3.8, 4) is 23.6 Å². The molecule has 0 fully saturated rings. The SMILES string of the molecule is CCOc1ccc(C=C(C#N)C#N)c(OCC)c1. The van der Waals surface area contributed by atoms with Crippen molar-refractivity contribution < 1.29 is 9.47 Å². The molecule has 0 aliphatic rings. The van der Waals surface area contributed by atoms with Gasteiger partial charge in [0, 0.05) is 11.6 Å². The Labute approximate surface area is 107 Å². The molecule has 0 aromatic heterocycles. The number of allylic oxidation sites excluding steroid dienone is 1. The largest absolute Gasteiger partial charge is 0.494 e. The van der Waals surface area contributed by atoms with Gasteiger partial charge in [0.25, 0.3) is 0 Å². The highest BCUT2D eigenvalue weighted by molar-refractivity contribution is 5.67. The predicted molar refractivity (Wildman–Crippen MR) is 68.0 cm³/mol. The van der Waals surface area contributed by atoms with E-state index >= 15 is 0 Å². The van der Waals surface area contributed by atoms with Gasteiger partial charge in [-0.1, -0.05) is 0 Å². The molecule has 0 atom stereocenters. The van der Waals surface area contributed by atoms with E-state index in [9.17, 15) is 0 Å². The van der Waals surface area contributed by atoms with Crippen LogP contribution in [0.3, 0.4) is 0 Å². The molecule has 0 aliphatic heterocycles. The maximum atomic E-state index is 8.74. The van der Waals surface area contributed by atoms with Crippen LogP contribution in [0.25, 0.3) is 6.08 Å². The first kappa shape index (κ1) is 13.6. The fourth-order valence-corrected chi connectivity index (χ4v) is 1.42. The average Bonchev–Trinajstić information content (AvgIpc) is 2.39. The molecule has 0 saturated heterocycles. The average molecular weight is 242 g/mol. The minimum Gasteiger partial charge on any atom is -0.494 e. The summed E-state index contributed by atoms with van der Waals surface area (Å²) < 4.78 is 10.8. The van der Waals surface area contributed by atoms with Crippen LogP contribution in [0.2, 0.25) is 0 Å². The van der Waals surface area contributed by atoms with Crippen LogP contribution in [0.5, 0.6) is 11.5 Å². The van der Waals surface area contributed by atoms with Gasteiger partial charge in [-0.25, -0.2) is 0 Å². The van der Waals surface area contributed by atoms with Gasteiger partial charge in [-0.2, -0.15) is 10.5 Å². The fourth-order valence-electron chi connectivity index (χ4n) is 1.42. The molecule has 0 spiro atoms. The Bertz CT molecular complexity index is 506. The third-order valence-electron chi connectivity index (χ3n) is 2.14. The van der Waals surface area contributed by atoms with Gasteiger partial charge in [0.05, 0.1) is 13.2 Å². The minimum absolute atomic E-state index is 0.0418. The third-order valence-corrected chi connectivity index (χ3v) is 2.14. The number of nitrogens with zero attached hydrogens (tertiary/aromatic N) is 2. The summed E-state index contributed by atoms with van der Waals surface area (Å²) in [6, 6.07) is 8.95. The molecule has 4 nitrogen and oxygen atoms in total. The highest BCUT2D eigenvalue weighted by Crippen LogP contribution is 2.27. The molecule has 0 amide bonds. The summed E-state index contributed by atoms with van der Waals surface area (Å²) in [4.78, 5) is 0. The molecule has 0 aliphatic carbocycles. The van der Waals surface area contributed by atoms with Crippen LogP contribution >= 0.6 is 0 Å². The van der Waals surface area contributed by atoms with E-state index in [1.165, 1.54) is 6.08 Å². The lowest BCUT2D eigenvalue weighted by Crippen LogP contribution is -1.97. The second-order valence-electron chi connectivity index (χ2n) is 3.35. The molecular weight excluding hydrogens is 228 g/mol. The second-order valence-corrected chi connectivity index (χ2v) is 3.35. The van der Waals surface area contributed by atoms with Crippen molar-refractivity contribution in [1.29, 1.82) is 10.5 Å². The van der Waals surface area contributed by atoms with Crippen molar-refractivity contribution in [2.24, 2.45) is 0 Å². The zero-order valence-electron chi connectivity index (χ0n) is 10.4. The van der Waals surface area contributed by atoms with E-state index in [1.54, 1.807) is 18.2 Å². The van der Waals surface area contributed by atoms with E-state index < -0.39 is 0 Å². The lowest BCUT2D eigenvalue weighted by atomic mass is 10.1. The van der Waals surface area contributed by atoms with Crippen LogP contribution in [0.4, 0.5) is 0 Å². The Hall–Kier alpha value is -2.46. The molecule has 4 heteroatoms. The Morgan fingerprint density at radius 2 is 1.83 bits per heavy atom. The van der Waals surface area contributed by atoms with Crippen LogP contribution in [-0.4, -0.2) is 13.2 Å². The molecule has 18 heavy (non-hydrogen) atoms. The number of hydrogen-bond donors (Lipinski definition) is 0. The number of rotatable bonds is 5. The van der Waals surface area contributed by atoms with Crippen molar-refractivity contribution in [2.45, 2.75) is 13.8 Å². The monoisotopic (exact) mass is 242 g/mol. The summed E-state index contributed by atoms with van der Waals surface area (Å²) in [6.45, 7) is 4.85. The zero-order chi connectivity index (χ0) is 13.4. The molecule has 0 unspecified atom stereocenters. The number of benzene rings is 1. The molecule has 1 aromatic carbocycles. The molecule has 1 rings (SSSR count). The van der Waals surface area contributed by atoms with Crippen LogP contribution in [0.1, 0.15) is 19.4 Å². The maximum Gasteiger partial charge on any atom is 0.130 e. The molecule has 0 heterocycles. The Kier molecular flexibility index (Phi) is 5.28. The lowest BCUT2D eigenvalue weighted by molar-refractivity contribution is 0.322. The first-order chi connectivity index (χ1) is 8.74. The minimum atomic E-state index is 0.0418. The topological polar surface area (TPSA) is 66.0 Å². The van der Waals surface area contributed by atoms with Gasteiger partial charge in [-0.15, -0.1) is 0 Å². The molecule has 0 N–H and O–H groups in total. The Balaban J connectivity index is 3.16. The van der Waals surface area contributed by atoms with Crippen LogP contribution in [-0.2, 0) is 0 Å². The number of ether oxygens (including phenoxy) is 2. The normalized spacial score (nSPS) is 8.89. The van der Waals surface area contributed by atoms with Crippen molar-refractivity contribution >= 4 is 6.08 Å². The van der Waals surface area contributed by atoms with E-state index in [0.29, 0.717) is 30.3 Å². The zero-order valence-corrected chi connectivity index (χ0v) is 10.4. The Morgan fingerprint density at radius 1 is 1.17 bits per heavy atom. The van der Waals surface area contributed by atoms with Gasteiger partial charge in [-0.3, -0.25) is 0 Å². The molecule has 0 bridgehead atoms. The van der Waals surface area contributed by atoms with Crippen LogP contribution in [0, 0.1) is 22.7 Å². The van der Waals surface area contributed by atoms with Crippen molar-refractivity contribution in [2.75, 3.05) is 13.2 Å². The van der Waals surface area contributed by atoms with Gasteiger partial charge in [-0.05, 0) is 32.1 Å². The Morgan fingerprint density at radius 3 is 2.39 bits per heavy atom. The lowest BCUT2D eigenvalue weighted by Gasteiger charge is -2.10. The number of nitriles is 2. The third kappa shape index (κ3) is 3.54. The molecular formula is C14H14N2O2. The summed E-state index contributed by atoms with van der Waals surface area (Å²) in [5.74, 6) is 1.31.